The predicted molar refractivity (Wildman–Crippen MR) is 68.1 cm³/mol. The fourth-order valence-electron chi connectivity index (χ4n) is 1.22. The number of hydrogen-bond acceptors (Lipinski definition) is 3. The molecule has 0 fully saturated rings. The Labute approximate surface area is 116 Å². The van der Waals surface area contributed by atoms with Gasteiger partial charge < -0.3 is 8.97 Å². The Kier molecular flexibility index (Phi) is 4.22. The molecule has 0 saturated heterocycles. The Balaban J connectivity index is 2.27. The maximum Gasteiger partial charge on any atom is 0.415 e. The molecule has 0 aliphatic heterocycles. The van der Waals surface area contributed by atoms with Gasteiger partial charge in [-0.2, -0.15) is 4.98 Å². The first-order valence-corrected chi connectivity index (χ1v) is 6.95. The molecule has 0 aliphatic carbocycles. The number of aromatic nitrogens is 1. The number of benzene rings is 1. The van der Waals surface area contributed by atoms with Crippen molar-refractivity contribution < 1.29 is 8.97 Å². The Morgan fingerprint density at radius 3 is 2.59 bits per heavy atom. The summed E-state index contributed by atoms with van der Waals surface area (Å²) in [5.74, 6) is 0.110. The van der Waals surface area contributed by atoms with Gasteiger partial charge in [-0.15, -0.1) is 0 Å². The van der Waals surface area contributed by atoms with E-state index in [9.17, 15) is 4.55 Å². The van der Waals surface area contributed by atoms with Crippen LogP contribution in [0.2, 0.25) is 15.1 Å². The van der Waals surface area contributed by atoms with E-state index in [4.69, 9.17) is 39.2 Å². The zero-order valence-corrected chi connectivity index (χ0v) is 11.4. The van der Waals surface area contributed by atoms with Gasteiger partial charge in [0.2, 0.25) is 0 Å². The molecule has 1 atom stereocenters. The van der Waals surface area contributed by atoms with Crippen LogP contribution in [0.1, 0.15) is 5.56 Å². The quantitative estimate of drug-likeness (QED) is 0.637. The summed E-state index contributed by atoms with van der Waals surface area (Å²) < 4.78 is 16.8. The third-order valence-corrected chi connectivity index (χ3v) is 4.36. The van der Waals surface area contributed by atoms with Gasteiger partial charge in [0.1, 0.15) is 12.0 Å². The van der Waals surface area contributed by atoms with Crippen molar-refractivity contribution in [2.45, 2.75) is 11.0 Å². The summed E-state index contributed by atoms with van der Waals surface area (Å²) in [5.41, 5.74) is 0.525. The first kappa shape index (κ1) is 13.1. The van der Waals surface area contributed by atoms with Crippen molar-refractivity contribution in [3.05, 3.63) is 45.2 Å². The molecule has 0 bridgehead atoms. The van der Waals surface area contributed by atoms with Crippen LogP contribution in [0.4, 0.5) is 0 Å². The Bertz CT molecular complexity index is 519. The molecule has 0 spiro atoms. The summed E-state index contributed by atoms with van der Waals surface area (Å²) in [5, 5.41) is 1.23. The van der Waals surface area contributed by atoms with E-state index in [0.29, 0.717) is 20.6 Å². The molecule has 1 aromatic heterocycles. The minimum absolute atomic E-state index is 0.110. The van der Waals surface area contributed by atoms with Gasteiger partial charge in [0, 0.05) is 5.56 Å². The van der Waals surface area contributed by atoms with E-state index in [-0.39, 0.29) is 11.0 Å². The lowest BCUT2D eigenvalue weighted by Crippen LogP contribution is -2.06. The number of halogens is 3. The fourth-order valence-corrected chi connectivity index (χ4v) is 3.08. The summed E-state index contributed by atoms with van der Waals surface area (Å²) >= 11 is 16.4. The summed E-state index contributed by atoms with van der Waals surface area (Å²) in [6.45, 7) is 0. The second-order valence-electron chi connectivity index (χ2n) is 3.11. The van der Waals surface area contributed by atoms with Gasteiger partial charge in [-0.3, -0.25) is 0 Å². The minimum Gasteiger partial charge on any atom is -0.607 e. The van der Waals surface area contributed by atoms with Crippen molar-refractivity contribution in [3.63, 3.8) is 0 Å². The van der Waals surface area contributed by atoms with Crippen LogP contribution in [0.5, 0.6) is 0 Å². The molecule has 2 aromatic rings. The van der Waals surface area contributed by atoms with Crippen molar-refractivity contribution in [1.82, 2.24) is 4.98 Å². The fraction of sp³-hybridized carbons (Fsp3) is 0.100. The van der Waals surface area contributed by atoms with Gasteiger partial charge in [-0.1, -0.05) is 34.8 Å². The van der Waals surface area contributed by atoms with Crippen LogP contribution in [0.15, 0.2) is 34.2 Å². The first-order valence-electron chi connectivity index (χ1n) is 4.50. The van der Waals surface area contributed by atoms with Crippen LogP contribution in [0.25, 0.3) is 0 Å². The van der Waals surface area contributed by atoms with E-state index in [1.54, 1.807) is 12.1 Å². The highest BCUT2D eigenvalue weighted by Gasteiger charge is 2.21. The van der Waals surface area contributed by atoms with Crippen molar-refractivity contribution in [1.29, 1.82) is 0 Å². The Morgan fingerprint density at radius 2 is 1.94 bits per heavy atom. The van der Waals surface area contributed by atoms with E-state index in [1.165, 1.54) is 12.5 Å². The molecule has 3 nitrogen and oxygen atoms in total. The molecule has 17 heavy (non-hydrogen) atoms. The smallest absolute Gasteiger partial charge is 0.415 e. The van der Waals surface area contributed by atoms with Crippen LogP contribution in [0.3, 0.4) is 0 Å². The Hall–Kier alpha value is -0.390. The average molecular weight is 311 g/mol. The van der Waals surface area contributed by atoms with Gasteiger partial charge >= 0.3 is 5.22 Å². The highest BCUT2D eigenvalue weighted by atomic mass is 35.5. The number of nitrogens with zero attached hydrogens (tertiary/aromatic N) is 1. The lowest BCUT2D eigenvalue weighted by atomic mass is 10.2. The molecule has 0 radical (unpaired) electrons. The Morgan fingerprint density at radius 1 is 1.24 bits per heavy atom. The number of oxazole rings is 1. The molecule has 0 aliphatic rings. The van der Waals surface area contributed by atoms with E-state index in [0.717, 1.165) is 0 Å². The van der Waals surface area contributed by atoms with Crippen LogP contribution in [-0.4, -0.2) is 9.54 Å². The van der Waals surface area contributed by atoms with Crippen LogP contribution in [-0.2, 0) is 16.9 Å². The van der Waals surface area contributed by atoms with Gasteiger partial charge in [0.05, 0.1) is 32.4 Å². The third-order valence-electron chi connectivity index (χ3n) is 2.02. The topological polar surface area (TPSA) is 49.1 Å². The summed E-state index contributed by atoms with van der Waals surface area (Å²) in [4.78, 5) is 3.81. The van der Waals surface area contributed by atoms with Gasteiger partial charge in [-0.05, 0) is 12.1 Å². The molecule has 1 unspecified atom stereocenters. The largest absolute Gasteiger partial charge is 0.607 e. The SMILES string of the molecule is [O-][S+](Cc1c(Cl)ccc(Cl)c1Cl)c1ncco1. The van der Waals surface area contributed by atoms with Crippen LogP contribution < -0.4 is 0 Å². The van der Waals surface area contributed by atoms with Crippen molar-refractivity contribution in [2.75, 3.05) is 0 Å². The van der Waals surface area contributed by atoms with Gasteiger partial charge in [-0.25, -0.2) is 0 Å². The zero-order valence-electron chi connectivity index (χ0n) is 8.32. The molecule has 0 saturated carbocycles. The molecule has 1 heterocycles. The van der Waals surface area contributed by atoms with Crippen molar-refractivity contribution in [2.24, 2.45) is 0 Å². The maximum atomic E-state index is 11.9. The highest BCUT2D eigenvalue weighted by molar-refractivity contribution is 7.90. The minimum atomic E-state index is -1.44. The molecule has 0 amide bonds. The van der Waals surface area contributed by atoms with Crippen LogP contribution in [0, 0.1) is 0 Å². The number of rotatable bonds is 3. The first-order chi connectivity index (χ1) is 8.09. The maximum absolute atomic E-state index is 11.9. The molecular weight excluding hydrogens is 305 g/mol. The summed E-state index contributed by atoms with van der Waals surface area (Å²) in [6, 6.07) is 3.20. The molecule has 7 heteroatoms. The molecule has 90 valence electrons. The van der Waals surface area contributed by atoms with Crippen LogP contribution >= 0.6 is 34.8 Å². The van der Waals surface area contributed by atoms with Crippen molar-refractivity contribution in [3.8, 4) is 0 Å². The molecular formula is C10H6Cl3NO2S. The lowest BCUT2D eigenvalue weighted by Gasteiger charge is -2.09. The highest BCUT2D eigenvalue weighted by Crippen LogP contribution is 2.33. The van der Waals surface area contributed by atoms with E-state index in [2.05, 4.69) is 4.98 Å². The summed E-state index contributed by atoms with van der Waals surface area (Å²) in [6.07, 6.45) is 2.78. The van der Waals surface area contributed by atoms with Gasteiger partial charge in [0.25, 0.3) is 0 Å². The van der Waals surface area contributed by atoms with E-state index >= 15 is 0 Å². The van der Waals surface area contributed by atoms with E-state index in [1.807, 2.05) is 0 Å². The molecule has 1 aromatic carbocycles. The average Bonchev–Trinajstić information content (AvgIpc) is 2.83. The normalized spacial score (nSPS) is 12.7. The molecule has 0 N–H and O–H groups in total. The monoisotopic (exact) mass is 309 g/mol. The second kappa shape index (κ2) is 5.50. The third kappa shape index (κ3) is 2.89. The van der Waals surface area contributed by atoms with Crippen molar-refractivity contribution >= 4 is 46.0 Å². The summed E-state index contributed by atoms with van der Waals surface area (Å²) in [7, 11) is 0. The zero-order chi connectivity index (χ0) is 12.4. The standard InChI is InChI=1S/C10H6Cl3NO2S/c11-7-1-2-8(12)9(13)6(7)5-17(15)10-14-3-4-16-10/h1-4H,5H2. The predicted octanol–water partition coefficient (Wildman–Crippen LogP) is 3.94. The lowest BCUT2D eigenvalue weighted by molar-refractivity contribution is 0.429. The van der Waals surface area contributed by atoms with Gasteiger partial charge in [0.15, 0.2) is 0 Å². The van der Waals surface area contributed by atoms with E-state index < -0.39 is 11.2 Å². The number of hydrogen-bond donors (Lipinski definition) is 0. The molecule has 2 rings (SSSR count). The second-order valence-corrected chi connectivity index (χ2v) is 5.63.